The van der Waals surface area contributed by atoms with Gasteiger partial charge in [-0.1, -0.05) is 54.4 Å². The molecule has 0 bridgehead atoms. The fourth-order valence-corrected chi connectivity index (χ4v) is 2.54. The predicted molar refractivity (Wildman–Crippen MR) is 74.6 cm³/mol. The van der Waals surface area contributed by atoms with Crippen LogP contribution in [-0.2, 0) is 0 Å². The van der Waals surface area contributed by atoms with Crippen LogP contribution >= 0.6 is 15.9 Å². The van der Waals surface area contributed by atoms with Crippen molar-refractivity contribution in [2.75, 3.05) is 6.54 Å². The molecule has 0 saturated heterocycles. The number of hydrogen-bond donors (Lipinski definition) is 1. The van der Waals surface area contributed by atoms with Crippen molar-refractivity contribution in [3.8, 4) is 0 Å². The van der Waals surface area contributed by atoms with Gasteiger partial charge in [-0.3, -0.25) is 0 Å². The number of nitrogens with one attached hydrogen (secondary N) is 1. The van der Waals surface area contributed by atoms with Gasteiger partial charge in [-0.15, -0.1) is 0 Å². The summed E-state index contributed by atoms with van der Waals surface area (Å²) >= 11 is 3.59. The predicted octanol–water partition coefficient (Wildman–Crippen LogP) is 4.54. The molecule has 2 unspecified atom stereocenters. The molecule has 0 radical (unpaired) electrons. The summed E-state index contributed by atoms with van der Waals surface area (Å²) in [5, 5.41) is 3.59. The minimum Gasteiger partial charge on any atom is -0.310 e. The summed E-state index contributed by atoms with van der Waals surface area (Å²) in [5.74, 6) is 0.759. The zero-order valence-corrected chi connectivity index (χ0v) is 12.0. The molecule has 1 nitrogen and oxygen atoms in total. The van der Waals surface area contributed by atoms with Crippen LogP contribution in [0.4, 0.5) is 0 Å². The zero-order valence-electron chi connectivity index (χ0n) is 10.5. The first-order valence-corrected chi connectivity index (χ1v) is 6.92. The number of benzene rings is 1. The van der Waals surface area contributed by atoms with Crippen LogP contribution in [0.25, 0.3) is 0 Å². The number of rotatable bonds is 6. The molecule has 1 N–H and O–H groups in total. The molecular weight excluding hydrogens is 262 g/mol. The highest BCUT2D eigenvalue weighted by molar-refractivity contribution is 9.10. The van der Waals surface area contributed by atoms with Gasteiger partial charge < -0.3 is 5.32 Å². The third-order valence-electron chi connectivity index (χ3n) is 2.93. The molecule has 1 aromatic rings. The summed E-state index contributed by atoms with van der Waals surface area (Å²) in [6.07, 6.45) is 2.57. The molecule has 0 aliphatic heterocycles. The molecule has 2 heteroatoms. The van der Waals surface area contributed by atoms with Crippen molar-refractivity contribution in [1.29, 1.82) is 0 Å². The van der Waals surface area contributed by atoms with Crippen LogP contribution in [-0.4, -0.2) is 6.54 Å². The van der Waals surface area contributed by atoms with Gasteiger partial charge in [-0.25, -0.2) is 0 Å². The van der Waals surface area contributed by atoms with Crippen LogP contribution < -0.4 is 5.32 Å². The van der Waals surface area contributed by atoms with E-state index < -0.39 is 0 Å². The van der Waals surface area contributed by atoms with Crippen molar-refractivity contribution in [3.63, 3.8) is 0 Å². The fourth-order valence-electron chi connectivity index (χ4n) is 1.91. The Balaban J connectivity index is 2.46. The molecule has 0 amide bonds. The Labute approximate surface area is 108 Å². The van der Waals surface area contributed by atoms with E-state index in [1.54, 1.807) is 0 Å². The van der Waals surface area contributed by atoms with Gasteiger partial charge in [0.25, 0.3) is 0 Å². The first-order chi connectivity index (χ1) is 7.65. The minimum absolute atomic E-state index is 0.412. The van der Waals surface area contributed by atoms with Gasteiger partial charge in [0.05, 0.1) is 0 Å². The van der Waals surface area contributed by atoms with E-state index in [4.69, 9.17) is 0 Å². The van der Waals surface area contributed by atoms with E-state index in [1.165, 1.54) is 22.9 Å². The van der Waals surface area contributed by atoms with Crippen LogP contribution in [0.2, 0.25) is 0 Å². The van der Waals surface area contributed by atoms with Crippen LogP contribution in [0.15, 0.2) is 28.7 Å². The van der Waals surface area contributed by atoms with Gasteiger partial charge >= 0.3 is 0 Å². The first kappa shape index (κ1) is 13.7. The molecule has 0 aliphatic carbocycles. The van der Waals surface area contributed by atoms with Crippen LogP contribution in [0.3, 0.4) is 0 Å². The molecule has 0 fully saturated rings. The molecule has 2 atom stereocenters. The van der Waals surface area contributed by atoms with Crippen molar-refractivity contribution < 1.29 is 0 Å². The maximum absolute atomic E-state index is 3.59. The molecular formula is C14H22BrN. The highest BCUT2D eigenvalue weighted by Gasteiger charge is 2.09. The number of halogens is 1. The standard InChI is InChI=1S/C14H22BrN/c1-4-7-11(2)10-16-12(3)13-8-5-6-9-14(13)15/h5-6,8-9,11-12,16H,4,7,10H2,1-3H3. The summed E-state index contributed by atoms with van der Waals surface area (Å²) in [5.41, 5.74) is 1.34. The van der Waals surface area contributed by atoms with E-state index in [9.17, 15) is 0 Å². The lowest BCUT2D eigenvalue weighted by atomic mass is 10.0. The summed E-state index contributed by atoms with van der Waals surface area (Å²) < 4.78 is 1.19. The maximum Gasteiger partial charge on any atom is 0.0303 e. The lowest BCUT2D eigenvalue weighted by Crippen LogP contribution is -2.24. The van der Waals surface area contributed by atoms with E-state index in [-0.39, 0.29) is 0 Å². The topological polar surface area (TPSA) is 12.0 Å². The molecule has 1 rings (SSSR count). The minimum atomic E-state index is 0.412. The summed E-state index contributed by atoms with van der Waals surface area (Å²) in [6.45, 7) is 7.87. The Hall–Kier alpha value is -0.340. The van der Waals surface area contributed by atoms with Gasteiger partial charge in [-0.05, 0) is 37.4 Å². The van der Waals surface area contributed by atoms with Crippen LogP contribution in [0.1, 0.15) is 45.2 Å². The van der Waals surface area contributed by atoms with Crippen molar-refractivity contribution >= 4 is 15.9 Å². The van der Waals surface area contributed by atoms with Crippen molar-refractivity contribution in [3.05, 3.63) is 34.3 Å². The van der Waals surface area contributed by atoms with Crippen LogP contribution in [0, 0.1) is 5.92 Å². The Morgan fingerprint density at radius 1 is 1.25 bits per heavy atom. The van der Waals surface area contributed by atoms with Crippen LogP contribution in [0.5, 0.6) is 0 Å². The Bertz CT molecular complexity index is 311. The highest BCUT2D eigenvalue weighted by atomic mass is 79.9. The van der Waals surface area contributed by atoms with Gasteiger partial charge in [0.15, 0.2) is 0 Å². The van der Waals surface area contributed by atoms with E-state index in [2.05, 4.69) is 66.3 Å². The van der Waals surface area contributed by atoms with Crippen molar-refractivity contribution in [1.82, 2.24) is 5.32 Å². The molecule has 16 heavy (non-hydrogen) atoms. The lowest BCUT2D eigenvalue weighted by molar-refractivity contribution is 0.443. The molecule has 0 aromatic heterocycles. The largest absolute Gasteiger partial charge is 0.310 e. The average Bonchev–Trinajstić information content (AvgIpc) is 2.27. The monoisotopic (exact) mass is 283 g/mol. The second kappa shape index (κ2) is 7.08. The molecule has 0 aliphatic rings. The average molecular weight is 284 g/mol. The SMILES string of the molecule is CCCC(C)CNC(C)c1ccccc1Br. The molecule has 1 aromatic carbocycles. The van der Waals surface area contributed by atoms with E-state index in [1.807, 2.05) is 0 Å². The normalized spacial score (nSPS) is 14.8. The quantitative estimate of drug-likeness (QED) is 0.809. The first-order valence-electron chi connectivity index (χ1n) is 6.13. The maximum atomic E-state index is 3.59. The van der Waals surface area contributed by atoms with Gasteiger partial charge in [0.2, 0.25) is 0 Å². The van der Waals surface area contributed by atoms with Crippen molar-refractivity contribution in [2.45, 2.75) is 39.7 Å². The summed E-state index contributed by atoms with van der Waals surface area (Å²) in [4.78, 5) is 0. The Morgan fingerprint density at radius 3 is 2.56 bits per heavy atom. The van der Waals surface area contributed by atoms with Gasteiger partial charge in [-0.2, -0.15) is 0 Å². The molecule has 90 valence electrons. The molecule has 0 heterocycles. The second-order valence-electron chi connectivity index (χ2n) is 4.55. The zero-order chi connectivity index (χ0) is 12.0. The molecule has 0 spiro atoms. The highest BCUT2D eigenvalue weighted by Crippen LogP contribution is 2.22. The summed E-state index contributed by atoms with van der Waals surface area (Å²) in [7, 11) is 0. The Kier molecular flexibility index (Phi) is 6.07. The number of hydrogen-bond acceptors (Lipinski definition) is 1. The van der Waals surface area contributed by atoms with E-state index in [0.717, 1.165) is 12.5 Å². The lowest BCUT2D eigenvalue weighted by Gasteiger charge is -2.18. The van der Waals surface area contributed by atoms with Gasteiger partial charge in [0.1, 0.15) is 0 Å². The van der Waals surface area contributed by atoms with Gasteiger partial charge in [0, 0.05) is 10.5 Å². The Morgan fingerprint density at radius 2 is 1.94 bits per heavy atom. The third kappa shape index (κ3) is 4.26. The van der Waals surface area contributed by atoms with E-state index in [0.29, 0.717) is 6.04 Å². The molecule has 0 saturated carbocycles. The second-order valence-corrected chi connectivity index (χ2v) is 5.40. The fraction of sp³-hybridized carbons (Fsp3) is 0.571. The third-order valence-corrected chi connectivity index (χ3v) is 3.65. The van der Waals surface area contributed by atoms with E-state index >= 15 is 0 Å². The van der Waals surface area contributed by atoms with Crippen molar-refractivity contribution in [2.24, 2.45) is 5.92 Å². The summed E-state index contributed by atoms with van der Waals surface area (Å²) in [6, 6.07) is 8.83. The smallest absolute Gasteiger partial charge is 0.0303 e.